The Hall–Kier alpha value is -1.55. The maximum Gasteiger partial charge on any atom is 0.261 e. The quantitative estimate of drug-likeness (QED) is 0.468. The van der Waals surface area contributed by atoms with Crippen LogP contribution < -0.4 is 4.90 Å². The van der Waals surface area contributed by atoms with E-state index in [2.05, 4.69) is 33.6 Å². The van der Waals surface area contributed by atoms with E-state index in [0.717, 1.165) is 63.8 Å². The van der Waals surface area contributed by atoms with Crippen LogP contribution in [0.2, 0.25) is 0 Å². The van der Waals surface area contributed by atoms with Crippen molar-refractivity contribution >= 4 is 55.2 Å². The van der Waals surface area contributed by atoms with Crippen LogP contribution in [-0.4, -0.2) is 55.2 Å². The van der Waals surface area contributed by atoms with Gasteiger partial charge in [-0.15, -0.1) is 0 Å². The molecule has 0 unspecified atom stereocenters. The summed E-state index contributed by atoms with van der Waals surface area (Å²) in [4.78, 5) is 22.4. The lowest BCUT2D eigenvalue weighted by atomic mass is 10.2. The highest BCUT2D eigenvalue weighted by atomic mass is 127. The summed E-state index contributed by atoms with van der Waals surface area (Å²) < 4.78 is 7.49. The van der Waals surface area contributed by atoms with Crippen molar-refractivity contribution in [3.05, 3.63) is 57.7 Å². The summed E-state index contributed by atoms with van der Waals surface area (Å²) in [5.74, 6) is 0.0195. The van der Waals surface area contributed by atoms with Crippen molar-refractivity contribution in [1.82, 2.24) is 9.88 Å². The van der Waals surface area contributed by atoms with E-state index in [1.165, 1.54) is 0 Å². The average Bonchev–Trinajstić information content (AvgIpc) is 3.16. The number of carbonyl (C=O) groups is 1. The molecule has 0 aliphatic carbocycles. The first-order chi connectivity index (χ1) is 13.7. The van der Waals surface area contributed by atoms with Gasteiger partial charge in [-0.1, -0.05) is 35.6 Å². The summed E-state index contributed by atoms with van der Waals surface area (Å²) in [5.41, 5.74) is 1.67. The Kier molecular flexibility index (Phi) is 6.56. The molecule has 4 rings (SSSR count). The third-order valence-corrected chi connectivity index (χ3v) is 6.82. The van der Waals surface area contributed by atoms with Crippen molar-refractivity contribution < 1.29 is 9.53 Å². The highest BCUT2D eigenvalue weighted by Crippen LogP contribution is 2.30. The molecule has 1 saturated heterocycles. The molecule has 2 aromatic carbocycles. The minimum atomic E-state index is 0.0195. The lowest BCUT2D eigenvalue weighted by Gasteiger charge is -2.27. The van der Waals surface area contributed by atoms with Crippen LogP contribution in [0.5, 0.6) is 0 Å². The molecule has 3 aromatic rings. The summed E-state index contributed by atoms with van der Waals surface area (Å²) in [5, 5.41) is 0.771. The van der Waals surface area contributed by atoms with Crippen LogP contribution in [0.25, 0.3) is 10.2 Å². The summed E-state index contributed by atoms with van der Waals surface area (Å²) >= 11 is 3.81. The number of para-hydroxylation sites is 1. The fourth-order valence-electron chi connectivity index (χ4n) is 3.32. The average molecular weight is 507 g/mol. The smallest absolute Gasteiger partial charge is 0.261 e. The van der Waals surface area contributed by atoms with E-state index >= 15 is 0 Å². The van der Waals surface area contributed by atoms with E-state index in [1.807, 2.05) is 47.4 Å². The third kappa shape index (κ3) is 4.53. The van der Waals surface area contributed by atoms with Crippen LogP contribution in [0.1, 0.15) is 16.8 Å². The van der Waals surface area contributed by atoms with Crippen LogP contribution in [0, 0.1) is 3.57 Å². The first-order valence-corrected chi connectivity index (χ1v) is 11.3. The van der Waals surface area contributed by atoms with Gasteiger partial charge in [-0.05, 0) is 53.3 Å². The van der Waals surface area contributed by atoms with Crippen molar-refractivity contribution in [2.75, 3.05) is 44.3 Å². The number of morpholine rings is 1. The lowest BCUT2D eigenvalue weighted by Crippen LogP contribution is -2.39. The highest BCUT2D eigenvalue weighted by Gasteiger charge is 2.23. The number of halogens is 1. The van der Waals surface area contributed by atoms with Gasteiger partial charge in [0.05, 0.1) is 29.0 Å². The van der Waals surface area contributed by atoms with Gasteiger partial charge in [0, 0.05) is 29.7 Å². The van der Waals surface area contributed by atoms with Crippen molar-refractivity contribution in [3.63, 3.8) is 0 Å². The van der Waals surface area contributed by atoms with E-state index < -0.39 is 0 Å². The van der Waals surface area contributed by atoms with Gasteiger partial charge in [0.25, 0.3) is 5.91 Å². The Morgan fingerprint density at radius 3 is 2.68 bits per heavy atom. The van der Waals surface area contributed by atoms with Crippen LogP contribution in [0.15, 0.2) is 48.5 Å². The van der Waals surface area contributed by atoms with Crippen LogP contribution in [-0.2, 0) is 4.74 Å². The minimum Gasteiger partial charge on any atom is -0.379 e. The normalized spacial score (nSPS) is 15.0. The molecule has 0 saturated carbocycles. The van der Waals surface area contributed by atoms with Crippen molar-refractivity contribution in [1.29, 1.82) is 0 Å². The largest absolute Gasteiger partial charge is 0.379 e. The van der Waals surface area contributed by atoms with Crippen molar-refractivity contribution in [3.8, 4) is 0 Å². The molecule has 0 N–H and O–H groups in total. The maximum absolute atomic E-state index is 13.4. The Morgan fingerprint density at radius 2 is 1.89 bits per heavy atom. The molecule has 1 aromatic heterocycles. The monoisotopic (exact) mass is 507 g/mol. The number of fused-ring (bicyclic) bond motifs is 1. The molecular weight excluding hydrogens is 485 g/mol. The molecule has 0 bridgehead atoms. The van der Waals surface area contributed by atoms with Gasteiger partial charge < -0.3 is 4.74 Å². The van der Waals surface area contributed by atoms with Gasteiger partial charge >= 0.3 is 0 Å². The second-order valence-electron chi connectivity index (χ2n) is 6.71. The Morgan fingerprint density at radius 1 is 1.14 bits per heavy atom. The summed E-state index contributed by atoms with van der Waals surface area (Å²) in [6.45, 7) is 5.13. The molecule has 7 heteroatoms. The van der Waals surface area contributed by atoms with E-state index in [0.29, 0.717) is 6.54 Å². The Labute approximate surface area is 182 Å². The number of amides is 1. The van der Waals surface area contributed by atoms with E-state index in [9.17, 15) is 4.79 Å². The number of thiazole rings is 1. The molecule has 0 atom stereocenters. The number of hydrogen-bond acceptors (Lipinski definition) is 5. The fourth-order valence-corrected chi connectivity index (χ4v) is 4.92. The molecule has 1 amide bonds. The summed E-state index contributed by atoms with van der Waals surface area (Å²) in [6, 6.07) is 15.8. The molecule has 1 fully saturated rings. The molecular formula is C21H22IN3O2S. The highest BCUT2D eigenvalue weighted by molar-refractivity contribution is 14.1. The number of ether oxygens (including phenoxy) is 1. The van der Waals surface area contributed by atoms with Gasteiger partial charge in [0.2, 0.25) is 0 Å². The van der Waals surface area contributed by atoms with Crippen LogP contribution >= 0.6 is 33.9 Å². The molecule has 28 heavy (non-hydrogen) atoms. The predicted octanol–water partition coefficient (Wildman–Crippen LogP) is 4.27. The number of carbonyl (C=O) groups excluding carboxylic acids is 1. The van der Waals surface area contributed by atoms with E-state index in [1.54, 1.807) is 11.3 Å². The molecule has 146 valence electrons. The number of benzene rings is 2. The van der Waals surface area contributed by atoms with Crippen molar-refractivity contribution in [2.24, 2.45) is 0 Å². The first kappa shape index (κ1) is 19.8. The Balaban J connectivity index is 1.56. The van der Waals surface area contributed by atoms with E-state index in [-0.39, 0.29) is 5.91 Å². The van der Waals surface area contributed by atoms with Gasteiger partial charge in [0.1, 0.15) is 0 Å². The van der Waals surface area contributed by atoms with Gasteiger partial charge in [0.15, 0.2) is 5.13 Å². The third-order valence-electron chi connectivity index (χ3n) is 4.82. The standard InChI is InChI=1S/C21H22IN3O2S/c22-17-7-2-1-6-16(17)20(26)25(11-5-10-24-12-14-27-15-13-24)21-23-18-8-3-4-9-19(18)28-21/h1-4,6-9H,5,10-15H2. The number of aromatic nitrogens is 1. The zero-order valence-corrected chi connectivity index (χ0v) is 18.5. The zero-order chi connectivity index (χ0) is 19.3. The molecule has 0 radical (unpaired) electrons. The molecule has 5 nitrogen and oxygen atoms in total. The SMILES string of the molecule is O=C(c1ccccc1I)N(CCCN1CCOCC1)c1nc2ccccc2s1. The summed E-state index contributed by atoms with van der Waals surface area (Å²) in [7, 11) is 0. The number of rotatable bonds is 6. The first-order valence-electron chi connectivity index (χ1n) is 9.44. The maximum atomic E-state index is 13.4. The minimum absolute atomic E-state index is 0.0195. The molecule has 2 heterocycles. The van der Waals surface area contributed by atoms with Crippen LogP contribution in [0.3, 0.4) is 0 Å². The number of nitrogens with zero attached hydrogens (tertiary/aromatic N) is 3. The molecule has 1 aliphatic heterocycles. The van der Waals surface area contributed by atoms with E-state index in [4.69, 9.17) is 9.72 Å². The second-order valence-corrected chi connectivity index (χ2v) is 8.88. The molecule has 0 spiro atoms. The van der Waals surface area contributed by atoms with Gasteiger partial charge in [-0.3, -0.25) is 14.6 Å². The summed E-state index contributed by atoms with van der Waals surface area (Å²) in [6.07, 6.45) is 0.908. The zero-order valence-electron chi connectivity index (χ0n) is 15.5. The Bertz CT molecular complexity index is 922. The lowest BCUT2D eigenvalue weighted by molar-refractivity contribution is 0.0376. The van der Waals surface area contributed by atoms with Gasteiger partial charge in [-0.2, -0.15) is 0 Å². The predicted molar refractivity (Wildman–Crippen MR) is 122 cm³/mol. The number of hydrogen-bond donors (Lipinski definition) is 0. The fraction of sp³-hybridized carbons (Fsp3) is 0.333. The van der Waals surface area contributed by atoms with Gasteiger partial charge in [-0.25, -0.2) is 4.98 Å². The van der Waals surface area contributed by atoms with Crippen molar-refractivity contribution in [2.45, 2.75) is 6.42 Å². The second kappa shape index (κ2) is 9.30. The topological polar surface area (TPSA) is 45.7 Å². The van der Waals surface area contributed by atoms with Crippen LogP contribution in [0.4, 0.5) is 5.13 Å². The number of anilines is 1. The molecule has 1 aliphatic rings.